The Morgan fingerprint density at radius 1 is 1.41 bits per heavy atom. The maximum Gasteiger partial charge on any atom is 0.191 e. The maximum atomic E-state index is 4.24. The number of guanidine groups is 1. The number of nitrogens with zero attached hydrogens (tertiary/aromatic N) is 1. The van der Waals surface area contributed by atoms with Gasteiger partial charge in [-0.3, -0.25) is 4.99 Å². The molecule has 0 atom stereocenters. The minimum atomic E-state index is 0.506. The van der Waals surface area contributed by atoms with Gasteiger partial charge in [0.2, 0.25) is 0 Å². The van der Waals surface area contributed by atoms with Crippen LogP contribution in [0.3, 0.4) is 0 Å². The average Bonchev–Trinajstić information content (AvgIpc) is 2.96. The van der Waals surface area contributed by atoms with E-state index in [9.17, 15) is 0 Å². The maximum absolute atomic E-state index is 4.24. The van der Waals surface area contributed by atoms with Gasteiger partial charge in [-0.1, -0.05) is 12.2 Å². The van der Waals surface area contributed by atoms with Crippen LogP contribution in [-0.4, -0.2) is 19.0 Å². The third kappa shape index (κ3) is 3.60. The highest BCUT2D eigenvalue weighted by Gasteiger charge is 2.11. The van der Waals surface area contributed by atoms with Gasteiger partial charge in [-0.25, -0.2) is 0 Å². The van der Waals surface area contributed by atoms with Gasteiger partial charge in [0.05, 0.1) is 6.54 Å². The molecule has 0 aliphatic heterocycles. The topological polar surface area (TPSA) is 36.4 Å². The van der Waals surface area contributed by atoms with Crippen LogP contribution in [0.1, 0.15) is 22.6 Å². The van der Waals surface area contributed by atoms with Gasteiger partial charge in [0.1, 0.15) is 0 Å². The van der Waals surface area contributed by atoms with E-state index in [1.807, 2.05) is 18.4 Å². The summed E-state index contributed by atoms with van der Waals surface area (Å²) >= 11 is 1.83. The van der Waals surface area contributed by atoms with E-state index in [-0.39, 0.29) is 0 Å². The molecule has 2 N–H and O–H groups in total. The van der Waals surface area contributed by atoms with Gasteiger partial charge in [-0.05, 0) is 31.9 Å². The first kappa shape index (κ1) is 12.2. The second-order valence-corrected chi connectivity index (χ2v) is 5.59. The molecule has 3 nitrogen and oxygen atoms in total. The lowest BCUT2D eigenvalue weighted by atomic mass is 10.2. The number of nitrogens with one attached hydrogen (secondary N) is 2. The molecule has 2 rings (SSSR count). The van der Waals surface area contributed by atoms with E-state index >= 15 is 0 Å². The van der Waals surface area contributed by atoms with E-state index in [4.69, 9.17) is 0 Å². The first-order valence-electron chi connectivity index (χ1n) is 5.95. The molecule has 1 aliphatic rings. The van der Waals surface area contributed by atoms with E-state index in [1.165, 1.54) is 9.75 Å². The lowest BCUT2D eigenvalue weighted by Gasteiger charge is -2.16. The van der Waals surface area contributed by atoms with Gasteiger partial charge in [0.25, 0.3) is 0 Å². The SMILES string of the molecule is CN=C(NCc1ccc(C)s1)NC1CC=CC1. The zero-order chi connectivity index (χ0) is 12.1. The number of thiophene rings is 1. The Labute approximate surface area is 107 Å². The van der Waals surface area contributed by atoms with Gasteiger partial charge in [-0.2, -0.15) is 0 Å². The summed E-state index contributed by atoms with van der Waals surface area (Å²) in [5, 5.41) is 6.77. The van der Waals surface area contributed by atoms with Gasteiger partial charge in [-0.15, -0.1) is 11.3 Å². The van der Waals surface area contributed by atoms with Crippen molar-refractivity contribution >= 4 is 17.3 Å². The predicted octanol–water partition coefficient (Wildman–Crippen LogP) is 2.44. The minimum Gasteiger partial charge on any atom is -0.353 e. The van der Waals surface area contributed by atoms with Crippen molar-refractivity contribution in [2.45, 2.75) is 32.4 Å². The molecule has 0 radical (unpaired) electrons. The number of hydrogen-bond acceptors (Lipinski definition) is 2. The Kier molecular flexibility index (Phi) is 4.20. The molecule has 4 heteroatoms. The Bertz CT molecular complexity index is 412. The van der Waals surface area contributed by atoms with E-state index in [0.717, 1.165) is 25.3 Å². The van der Waals surface area contributed by atoms with Crippen LogP contribution in [0.15, 0.2) is 29.3 Å². The highest BCUT2D eigenvalue weighted by molar-refractivity contribution is 7.11. The van der Waals surface area contributed by atoms with Gasteiger partial charge in [0.15, 0.2) is 5.96 Å². The highest BCUT2D eigenvalue weighted by Crippen LogP contribution is 2.14. The van der Waals surface area contributed by atoms with Crippen molar-refractivity contribution in [1.82, 2.24) is 10.6 Å². The van der Waals surface area contributed by atoms with Gasteiger partial charge in [0, 0.05) is 22.8 Å². The summed E-state index contributed by atoms with van der Waals surface area (Å²) in [6, 6.07) is 4.82. The Morgan fingerprint density at radius 2 is 2.18 bits per heavy atom. The van der Waals surface area contributed by atoms with Crippen molar-refractivity contribution in [3.05, 3.63) is 34.0 Å². The fourth-order valence-corrected chi connectivity index (χ4v) is 2.70. The Morgan fingerprint density at radius 3 is 2.76 bits per heavy atom. The molecule has 1 aromatic rings. The van der Waals surface area contributed by atoms with Crippen molar-refractivity contribution in [3.8, 4) is 0 Å². The second-order valence-electron chi connectivity index (χ2n) is 4.22. The third-order valence-electron chi connectivity index (χ3n) is 2.80. The van der Waals surface area contributed by atoms with E-state index < -0.39 is 0 Å². The molecular formula is C13H19N3S. The number of hydrogen-bond donors (Lipinski definition) is 2. The standard InChI is InChI=1S/C13H19N3S/c1-10-7-8-12(17-10)9-15-13(14-2)16-11-5-3-4-6-11/h3-4,7-8,11H,5-6,9H2,1-2H3,(H2,14,15,16). The van der Waals surface area contributed by atoms with Crippen molar-refractivity contribution in [1.29, 1.82) is 0 Å². The monoisotopic (exact) mass is 249 g/mol. The molecule has 0 saturated heterocycles. The quantitative estimate of drug-likeness (QED) is 0.490. The molecule has 17 heavy (non-hydrogen) atoms. The summed E-state index contributed by atoms with van der Waals surface area (Å²) in [5.74, 6) is 0.893. The van der Waals surface area contributed by atoms with Crippen LogP contribution < -0.4 is 10.6 Å². The smallest absolute Gasteiger partial charge is 0.191 e. The molecule has 0 aromatic carbocycles. The number of aliphatic imine (C=N–C) groups is 1. The van der Waals surface area contributed by atoms with Crippen molar-refractivity contribution in [2.24, 2.45) is 4.99 Å². The van der Waals surface area contributed by atoms with Gasteiger partial charge < -0.3 is 10.6 Å². The van der Waals surface area contributed by atoms with Crippen LogP contribution >= 0.6 is 11.3 Å². The summed E-state index contributed by atoms with van der Waals surface area (Å²) in [6.45, 7) is 2.98. The number of aryl methyl sites for hydroxylation is 1. The average molecular weight is 249 g/mol. The molecule has 0 amide bonds. The molecule has 0 unspecified atom stereocenters. The normalized spacial score (nSPS) is 16.5. The molecule has 0 saturated carbocycles. The fourth-order valence-electron chi connectivity index (χ4n) is 1.87. The number of rotatable bonds is 3. The van der Waals surface area contributed by atoms with Crippen LogP contribution in [0.2, 0.25) is 0 Å². The lowest BCUT2D eigenvalue weighted by Crippen LogP contribution is -2.41. The summed E-state index contributed by atoms with van der Waals surface area (Å²) in [4.78, 5) is 6.94. The molecule has 1 heterocycles. The van der Waals surface area contributed by atoms with Crippen LogP contribution in [0.25, 0.3) is 0 Å². The van der Waals surface area contributed by atoms with Crippen molar-refractivity contribution < 1.29 is 0 Å². The van der Waals surface area contributed by atoms with E-state index in [2.05, 4.69) is 46.8 Å². The van der Waals surface area contributed by atoms with Crippen LogP contribution in [0.4, 0.5) is 0 Å². The molecule has 1 aliphatic carbocycles. The molecule has 0 spiro atoms. The third-order valence-corrected chi connectivity index (χ3v) is 3.80. The molecule has 92 valence electrons. The Balaban J connectivity index is 1.79. The van der Waals surface area contributed by atoms with E-state index in [0.29, 0.717) is 6.04 Å². The Hall–Kier alpha value is -1.29. The zero-order valence-electron chi connectivity index (χ0n) is 10.4. The molecule has 1 aromatic heterocycles. The summed E-state index contributed by atoms with van der Waals surface area (Å²) < 4.78 is 0. The molecule has 0 fully saturated rings. The minimum absolute atomic E-state index is 0.506. The summed E-state index contributed by atoms with van der Waals surface area (Å²) in [7, 11) is 1.82. The highest BCUT2D eigenvalue weighted by atomic mass is 32.1. The van der Waals surface area contributed by atoms with Gasteiger partial charge >= 0.3 is 0 Å². The summed E-state index contributed by atoms with van der Waals surface area (Å²) in [5.41, 5.74) is 0. The first-order valence-corrected chi connectivity index (χ1v) is 6.77. The molecular weight excluding hydrogens is 230 g/mol. The second kappa shape index (κ2) is 5.87. The largest absolute Gasteiger partial charge is 0.353 e. The molecule has 0 bridgehead atoms. The fraction of sp³-hybridized carbons (Fsp3) is 0.462. The van der Waals surface area contributed by atoms with Crippen LogP contribution in [-0.2, 0) is 6.54 Å². The lowest BCUT2D eigenvalue weighted by molar-refractivity contribution is 0.633. The predicted molar refractivity (Wildman–Crippen MR) is 74.6 cm³/mol. The first-order chi connectivity index (χ1) is 8.28. The van der Waals surface area contributed by atoms with Crippen molar-refractivity contribution in [2.75, 3.05) is 7.05 Å². The van der Waals surface area contributed by atoms with E-state index in [1.54, 1.807) is 0 Å². The zero-order valence-corrected chi connectivity index (χ0v) is 11.2. The van der Waals surface area contributed by atoms with Crippen molar-refractivity contribution in [3.63, 3.8) is 0 Å². The summed E-state index contributed by atoms with van der Waals surface area (Å²) in [6.07, 6.45) is 6.62. The van der Waals surface area contributed by atoms with Crippen LogP contribution in [0.5, 0.6) is 0 Å². The van der Waals surface area contributed by atoms with Crippen LogP contribution in [0, 0.1) is 6.92 Å².